The Bertz CT molecular complexity index is 616. The molecule has 0 aliphatic carbocycles. The molecule has 1 aliphatic rings. The first-order chi connectivity index (χ1) is 11.8. The van der Waals surface area contributed by atoms with Crippen LogP contribution in [0.2, 0.25) is 0 Å². The Morgan fingerprint density at radius 1 is 1.31 bits per heavy atom. The molecule has 5 nitrogen and oxygen atoms in total. The van der Waals surface area contributed by atoms with Gasteiger partial charge in [0.25, 0.3) is 0 Å². The maximum absolute atomic E-state index is 11.7. The number of hydrogen-bond donors (Lipinski definition) is 2. The molecule has 2 rings (SSSR count). The molecular weight excluding hydrogens is 459 g/mol. The number of nitrogens with one attached hydrogen (secondary N) is 2. The lowest BCUT2D eigenvalue weighted by molar-refractivity contribution is -0.118. The number of guanidine groups is 1. The van der Waals surface area contributed by atoms with Crippen molar-refractivity contribution in [3.8, 4) is 0 Å². The first-order valence-electron chi connectivity index (χ1n) is 8.80. The largest absolute Gasteiger partial charge is 0.352 e. The van der Waals surface area contributed by atoms with Gasteiger partial charge in [0, 0.05) is 48.8 Å². The smallest absolute Gasteiger partial charge is 0.226 e. The predicted octanol–water partition coefficient (Wildman–Crippen LogP) is 3.80. The van der Waals surface area contributed by atoms with Gasteiger partial charge in [-0.15, -0.1) is 24.0 Å². The van der Waals surface area contributed by atoms with E-state index in [0.717, 1.165) is 42.6 Å². The van der Waals surface area contributed by atoms with E-state index >= 15 is 0 Å². The van der Waals surface area contributed by atoms with Gasteiger partial charge in [0.15, 0.2) is 5.96 Å². The van der Waals surface area contributed by atoms with Crippen LogP contribution in [0.15, 0.2) is 29.3 Å². The number of amides is 1. The van der Waals surface area contributed by atoms with Crippen molar-refractivity contribution in [2.75, 3.05) is 31.2 Å². The number of benzene rings is 1. The highest BCUT2D eigenvalue weighted by Crippen LogP contribution is 2.29. The molecular formula is C19H31IN4OS. The first kappa shape index (κ1) is 23.1. The van der Waals surface area contributed by atoms with Crippen LogP contribution >= 0.6 is 35.7 Å². The summed E-state index contributed by atoms with van der Waals surface area (Å²) in [7, 11) is 1.83. The predicted molar refractivity (Wildman–Crippen MR) is 124 cm³/mol. The number of halogens is 1. The fourth-order valence-corrected chi connectivity index (χ4v) is 3.81. The van der Waals surface area contributed by atoms with E-state index in [4.69, 9.17) is 0 Å². The van der Waals surface area contributed by atoms with Crippen LogP contribution in [0.5, 0.6) is 0 Å². The number of anilines is 1. The zero-order chi connectivity index (χ0) is 18.4. The third-order valence-corrected chi connectivity index (χ3v) is 5.43. The van der Waals surface area contributed by atoms with Crippen molar-refractivity contribution in [1.29, 1.82) is 0 Å². The van der Waals surface area contributed by atoms with Gasteiger partial charge in [-0.25, -0.2) is 0 Å². The number of nitrogens with zero attached hydrogens (tertiary/aromatic N) is 2. The van der Waals surface area contributed by atoms with Gasteiger partial charge in [-0.2, -0.15) is 11.8 Å². The van der Waals surface area contributed by atoms with E-state index in [2.05, 4.69) is 34.4 Å². The van der Waals surface area contributed by atoms with Crippen LogP contribution in [0, 0.1) is 5.92 Å². The summed E-state index contributed by atoms with van der Waals surface area (Å²) in [6.07, 6.45) is 0. The number of carbonyl (C=O) groups excluding carboxylic acids is 1. The third-order valence-electron chi connectivity index (χ3n) is 4.13. The molecule has 1 saturated heterocycles. The van der Waals surface area contributed by atoms with Crippen LogP contribution in [0.1, 0.15) is 33.3 Å². The van der Waals surface area contributed by atoms with Crippen LogP contribution in [0.4, 0.5) is 5.69 Å². The monoisotopic (exact) mass is 490 g/mol. The summed E-state index contributed by atoms with van der Waals surface area (Å²) in [4.78, 5) is 18.5. The van der Waals surface area contributed by atoms with Crippen LogP contribution < -0.4 is 10.6 Å². The minimum atomic E-state index is -0.0170. The minimum absolute atomic E-state index is 0. The lowest BCUT2D eigenvalue weighted by Crippen LogP contribution is -2.50. The number of carbonyl (C=O) groups is 1. The van der Waals surface area contributed by atoms with Gasteiger partial charge < -0.3 is 15.5 Å². The molecule has 0 spiro atoms. The second-order valence-electron chi connectivity index (χ2n) is 7.27. The molecule has 2 N–H and O–H groups in total. The fourth-order valence-electron chi connectivity index (χ4n) is 2.70. The number of rotatable bonds is 4. The molecule has 1 aromatic carbocycles. The van der Waals surface area contributed by atoms with E-state index < -0.39 is 0 Å². The normalized spacial score (nSPS) is 16.8. The average molecular weight is 490 g/mol. The number of thioether (sulfide) groups is 1. The van der Waals surface area contributed by atoms with Gasteiger partial charge in [-0.3, -0.25) is 9.79 Å². The molecule has 0 aromatic heterocycles. The van der Waals surface area contributed by atoms with Gasteiger partial charge in [-0.1, -0.05) is 26.0 Å². The van der Waals surface area contributed by atoms with Gasteiger partial charge in [0.1, 0.15) is 0 Å². The highest BCUT2D eigenvalue weighted by atomic mass is 127. The molecule has 1 aromatic rings. The summed E-state index contributed by atoms with van der Waals surface area (Å²) in [5, 5.41) is 6.36. The Labute approximate surface area is 178 Å². The molecule has 146 valence electrons. The summed E-state index contributed by atoms with van der Waals surface area (Å²) in [6, 6.07) is 7.96. The summed E-state index contributed by atoms with van der Waals surface area (Å²) >= 11 is 2.02. The van der Waals surface area contributed by atoms with Crippen LogP contribution in [-0.4, -0.2) is 47.4 Å². The van der Waals surface area contributed by atoms with Crippen molar-refractivity contribution in [3.05, 3.63) is 29.8 Å². The van der Waals surface area contributed by atoms with Crippen molar-refractivity contribution < 1.29 is 4.79 Å². The van der Waals surface area contributed by atoms with E-state index in [9.17, 15) is 4.79 Å². The van der Waals surface area contributed by atoms with Crippen LogP contribution in [-0.2, 0) is 11.3 Å². The van der Waals surface area contributed by atoms with Crippen molar-refractivity contribution in [3.63, 3.8) is 0 Å². The Kier molecular flexibility index (Phi) is 9.23. The minimum Gasteiger partial charge on any atom is -0.352 e. The summed E-state index contributed by atoms with van der Waals surface area (Å²) in [5.74, 6) is 2.09. The van der Waals surface area contributed by atoms with E-state index in [1.54, 1.807) is 0 Å². The third kappa shape index (κ3) is 6.98. The SMILES string of the molecule is CN=C(NCc1ccc(NC(=O)C(C)C)cc1)N1CCSC(C)(C)C1.I. The highest BCUT2D eigenvalue weighted by molar-refractivity contribution is 14.0. The molecule has 0 unspecified atom stereocenters. The molecule has 0 radical (unpaired) electrons. The summed E-state index contributed by atoms with van der Waals surface area (Å²) in [6.45, 7) is 11.1. The van der Waals surface area contributed by atoms with E-state index in [1.807, 2.05) is 56.9 Å². The first-order valence-corrected chi connectivity index (χ1v) is 9.78. The van der Waals surface area contributed by atoms with Gasteiger partial charge in [0.05, 0.1) is 0 Å². The van der Waals surface area contributed by atoms with Crippen molar-refractivity contribution in [1.82, 2.24) is 10.2 Å². The Hall–Kier alpha value is -0.960. The van der Waals surface area contributed by atoms with Crippen molar-refractivity contribution in [2.45, 2.75) is 39.0 Å². The van der Waals surface area contributed by atoms with E-state index in [1.165, 1.54) is 0 Å². The summed E-state index contributed by atoms with van der Waals surface area (Å²) < 4.78 is 0.256. The second kappa shape index (κ2) is 10.4. The second-order valence-corrected chi connectivity index (χ2v) is 9.07. The molecule has 1 aliphatic heterocycles. The molecule has 1 fully saturated rings. The molecule has 1 heterocycles. The fraction of sp³-hybridized carbons (Fsp3) is 0.579. The van der Waals surface area contributed by atoms with Gasteiger partial charge >= 0.3 is 0 Å². The van der Waals surface area contributed by atoms with Crippen LogP contribution in [0.3, 0.4) is 0 Å². The quantitative estimate of drug-likeness (QED) is 0.383. The Morgan fingerprint density at radius 3 is 2.50 bits per heavy atom. The molecule has 1 amide bonds. The molecule has 0 atom stereocenters. The van der Waals surface area contributed by atoms with Crippen molar-refractivity contribution in [2.24, 2.45) is 10.9 Å². The zero-order valence-corrected chi connectivity index (χ0v) is 19.5. The topological polar surface area (TPSA) is 56.7 Å². The van der Waals surface area contributed by atoms with Crippen LogP contribution in [0.25, 0.3) is 0 Å². The maximum atomic E-state index is 11.7. The molecule has 7 heteroatoms. The highest BCUT2D eigenvalue weighted by Gasteiger charge is 2.28. The molecule has 0 saturated carbocycles. The number of aliphatic imine (C=N–C) groups is 1. The summed E-state index contributed by atoms with van der Waals surface area (Å²) in [5.41, 5.74) is 2.00. The standard InChI is InChI=1S/C19H30N4OS.HI/c1-14(2)17(24)22-16-8-6-15(7-9-16)12-21-18(20-5)23-10-11-25-19(3,4)13-23;/h6-9,14H,10-13H2,1-5H3,(H,20,21)(H,22,24);1H. The lowest BCUT2D eigenvalue weighted by atomic mass is 10.1. The Balaban J connectivity index is 0.00000338. The molecule has 26 heavy (non-hydrogen) atoms. The maximum Gasteiger partial charge on any atom is 0.226 e. The average Bonchev–Trinajstić information content (AvgIpc) is 2.56. The van der Waals surface area contributed by atoms with Crippen molar-refractivity contribution >= 4 is 53.3 Å². The zero-order valence-electron chi connectivity index (χ0n) is 16.3. The van der Waals surface area contributed by atoms with Gasteiger partial charge in [0.2, 0.25) is 5.91 Å². The van der Waals surface area contributed by atoms with E-state index in [0.29, 0.717) is 0 Å². The lowest BCUT2D eigenvalue weighted by Gasteiger charge is -2.39. The van der Waals surface area contributed by atoms with E-state index in [-0.39, 0.29) is 40.5 Å². The Morgan fingerprint density at radius 2 is 1.96 bits per heavy atom. The molecule has 0 bridgehead atoms. The number of hydrogen-bond acceptors (Lipinski definition) is 3. The van der Waals surface area contributed by atoms with Gasteiger partial charge in [-0.05, 0) is 31.5 Å².